The molecule has 0 bridgehead atoms. The lowest BCUT2D eigenvalue weighted by Gasteiger charge is -2.35. The second-order valence-electron chi connectivity index (χ2n) is 12.1. The zero-order chi connectivity index (χ0) is 26.7. The van der Waals surface area contributed by atoms with Gasteiger partial charge in [0, 0.05) is 47.2 Å². The molecule has 2 aliphatic heterocycles. The third-order valence-electron chi connectivity index (χ3n) is 10.2. The molecule has 39 heavy (non-hydrogen) atoms. The third kappa shape index (κ3) is 3.88. The van der Waals surface area contributed by atoms with E-state index in [2.05, 4.69) is 46.7 Å². The summed E-state index contributed by atoms with van der Waals surface area (Å²) < 4.78 is 13.4. The number of carbonyl (C=O) groups is 1. The smallest absolute Gasteiger partial charge is 0.337 e. The van der Waals surface area contributed by atoms with E-state index in [0.29, 0.717) is 17.4 Å². The minimum absolute atomic E-state index is 0.0131. The third-order valence-corrected chi connectivity index (χ3v) is 10.2. The molecule has 0 amide bonds. The number of morpholine rings is 1. The molecule has 0 N–H and O–H groups in total. The van der Waals surface area contributed by atoms with Crippen LogP contribution in [0.2, 0.25) is 0 Å². The van der Waals surface area contributed by atoms with E-state index in [1.54, 1.807) is 0 Å². The average molecular weight is 525 g/mol. The molecular weight excluding hydrogens is 484 g/mol. The number of aryl methyl sites for hydroxylation is 1. The molecule has 0 spiro atoms. The first-order chi connectivity index (χ1) is 19.1. The lowest BCUT2D eigenvalue weighted by atomic mass is 9.81. The highest BCUT2D eigenvalue weighted by Gasteiger charge is 2.60. The number of hydrogen-bond donors (Lipinski definition) is 0. The van der Waals surface area contributed by atoms with Crippen LogP contribution in [-0.4, -0.2) is 48.8 Å². The quantitative estimate of drug-likeness (QED) is 0.336. The second kappa shape index (κ2) is 9.55. The van der Waals surface area contributed by atoms with Gasteiger partial charge >= 0.3 is 5.97 Å². The standard InChI is InChI=1S/C34H40N2O3/c1-4-23-10-12-26-28(18-23)29-20-34(29,22(2)35-14-16-39-17-15-35)21-36-30-19-25(33(37)38-3)11-13-27(30)31(32(26)36)24-8-6-5-7-9-24/h10-13,18-19,24,29H,2,4-9,14-17,20-21H2,1,3H3. The Balaban J connectivity index is 1.48. The van der Waals surface area contributed by atoms with Crippen LogP contribution in [0.25, 0.3) is 22.2 Å². The largest absolute Gasteiger partial charge is 0.465 e. The Bertz CT molecular complexity index is 1460. The van der Waals surface area contributed by atoms with E-state index in [-0.39, 0.29) is 11.4 Å². The molecule has 2 atom stereocenters. The van der Waals surface area contributed by atoms with Gasteiger partial charge in [-0.2, -0.15) is 0 Å². The first-order valence-electron chi connectivity index (χ1n) is 15.0. The number of hydrogen-bond acceptors (Lipinski definition) is 4. The number of esters is 1. The molecule has 3 heterocycles. The number of carbonyl (C=O) groups excluding carboxylic acids is 1. The van der Waals surface area contributed by atoms with Gasteiger partial charge in [0.25, 0.3) is 0 Å². The summed E-state index contributed by atoms with van der Waals surface area (Å²) in [6.07, 6.45) is 8.55. The van der Waals surface area contributed by atoms with E-state index in [4.69, 9.17) is 16.1 Å². The molecule has 7 rings (SSSR count). The predicted molar refractivity (Wildman–Crippen MR) is 155 cm³/mol. The van der Waals surface area contributed by atoms with Crippen molar-refractivity contribution in [3.8, 4) is 11.3 Å². The summed E-state index contributed by atoms with van der Waals surface area (Å²) in [5.74, 6) is 0.741. The van der Waals surface area contributed by atoms with Gasteiger partial charge in [0.05, 0.1) is 31.6 Å². The number of aromatic nitrogens is 1. The first-order valence-corrected chi connectivity index (χ1v) is 15.0. The van der Waals surface area contributed by atoms with Crippen molar-refractivity contribution < 1.29 is 14.3 Å². The maximum atomic E-state index is 12.7. The molecule has 0 radical (unpaired) electrons. The lowest BCUT2D eigenvalue weighted by molar-refractivity contribution is 0.0465. The molecule has 2 aromatic carbocycles. The Labute approximate surface area is 231 Å². The van der Waals surface area contributed by atoms with Gasteiger partial charge in [0.2, 0.25) is 0 Å². The normalized spacial score (nSPS) is 24.5. The van der Waals surface area contributed by atoms with Crippen molar-refractivity contribution in [2.24, 2.45) is 5.41 Å². The van der Waals surface area contributed by atoms with E-state index in [0.717, 1.165) is 45.7 Å². The molecule has 204 valence electrons. The topological polar surface area (TPSA) is 43.7 Å². The summed E-state index contributed by atoms with van der Waals surface area (Å²) in [7, 11) is 1.47. The van der Waals surface area contributed by atoms with Crippen LogP contribution in [0.1, 0.15) is 84.3 Å². The Morgan fingerprint density at radius 2 is 1.90 bits per heavy atom. The van der Waals surface area contributed by atoms with E-state index in [9.17, 15) is 4.79 Å². The van der Waals surface area contributed by atoms with Crippen LogP contribution in [0.3, 0.4) is 0 Å². The van der Waals surface area contributed by atoms with Crippen LogP contribution in [0.5, 0.6) is 0 Å². The molecule has 3 aromatic rings. The van der Waals surface area contributed by atoms with Gasteiger partial charge in [-0.15, -0.1) is 0 Å². The number of fused-ring (bicyclic) bond motifs is 7. The van der Waals surface area contributed by atoms with Gasteiger partial charge in [-0.3, -0.25) is 0 Å². The zero-order valence-corrected chi connectivity index (χ0v) is 23.4. The number of ether oxygens (including phenoxy) is 2. The minimum Gasteiger partial charge on any atom is -0.465 e. The maximum Gasteiger partial charge on any atom is 0.337 e. The molecule has 2 unspecified atom stereocenters. The molecule has 1 saturated heterocycles. The summed E-state index contributed by atoms with van der Waals surface area (Å²) in [5.41, 5.74) is 10.2. The van der Waals surface area contributed by atoms with E-state index in [1.807, 2.05) is 6.07 Å². The molecule has 4 aliphatic rings. The van der Waals surface area contributed by atoms with Gasteiger partial charge in [-0.05, 0) is 66.3 Å². The molecule has 2 saturated carbocycles. The predicted octanol–water partition coefficient (Wildman–Crippen LogP) is 7.04. The molecule has 1 aromatic heterocycles. The van der Waals surface area contributed by atoms with Crippen molar-refractivity contribution >= 4 is 16.9 Å². The minimum atomic E-state index is -0.273. The van der Waals surface area contributed by atoms with E-state index >= 15 is 0 Å². The number of rotatable bonds is 5. The van der Waals surface area contributed by atoms with Crippen LogP contribution < -0.4 is 0 Å². The number of methoxy groups -OCH3 is 1. The summed E-state index contributed by atoms with van der Waals surface area (Å²) >= 11 is 0. The van der Waals surface area contributed by atoms with Crippen molar-refractivity contribution in [3.05, 3.63) is 70.9 Å². The highest BCUT2D eigenvalue weighted by atomic mass is 16.5. The van der Waals surface area contributed by atoms with Crippen LogP contribution >= 0.6 is 0 Å². The first kappa shape index (κ1) is 25.0. The van der Waals surface area contributed by atoms with Crippen molar-refractivity contribution in [2.45, 2.75) is 70.3 Å². The zero-order valence-electron chi connectivity index (χ0n) is 23.4. The summed E-state index contributed by atoms with van der Waals surface area (Å²) in [5, 5.41) is 1.31. The highest BCUT2D eigenvalue weighted by molar-refractivity contribution is 5.99. The Morgan fingerprint density at radius 3 is 2.64 bits per heavy atom. The maximum absolute atomic E-state index is 12.7. The Kier molecular flexibility index (Phi) is 6.11. The van der Waals surface area contributed by atoms with Gasteiger partial charge in [-0.25, -0.2) is 4.79 Å². The molecule has 3 fully saturated rings. The number of benzene rings is 2. The van der Waals surface area contributed by atoms with E-state index < -0.39 is 0 Å². The Hall–Kier alpha value is -3.05. The average Bonchev–Trinajstić information content (AvgIpc) is 3.67. The van der Waals surface area contributed by atoms with Crippen molar-refractivity contribution in [3.63, 3.8) is 0 Å². The van der Waals surface area contributed by atoms with Crippen molar-refractivity contribution in [2.75, 3.05) is 33.4 Å². The summed E-state index contributed by atoms with van der Waals surface area (Å²) in [6, 6.07) is 13.5. The second-order valence-corrected chi connectivity index (χ2v) is 12.1. The van der Waals surface area contributed by atoms with Gasteiger partial charge in [-0.1, -0.05) is 57.0 Å². The summed E-state index contributed by atoms with van der Waals surface area (Å²) in [6.45, 7) is 11.3. The number of nitrogens with zero attached hydrogens (tertiary/aromatic N) is 2. The molecular formula is C34H40N2O3. The highest BCUT2D eigenvalue weighted by Crippen LogP contribution is 2.68. The van der Waals surface area contributed by atoms with Crippen LogP contribution in [0, 0.1) is 5.41 Å². The fraction of sp³-hybridized carbons (Fsp3) is 0.500. The van der Waals surface area contributed by atoms with Crippen molar-refractivity contribution in [1.82, 2.24) is 9.47 Å². The molecule has 5 nitrogen and oxygen atoms in total. The van der Waals surface area contributed by atoms with Crippen LogP contribution in [-0.2, 0) is 22.4 Å². The number of allylic oxidation sites excluding steroid dienone is 1. The van der Waals surface area contributed by atoms with E-state index in [1.165, 1.54) is 83.8 Å². The Morgan fingerprint density at radius 1 is 1.10 bits per heavy atom. The molecule has 5 heteroatoms. The summed E-state index contributed by atoms with van der Waals surface area (Å²) in [4.78, 5) is 15.1. The van der Waals surface area contributed by atoms with Crippen LogP contribution in [0.15, 0.2) is 48.7 Å². The van der Waals surface area contributed by atoms with Gasteiger partial charge in [0.15, 0.2) is 0 Å². The van der Waals surface area contributed by atoms with Gasteiger partial charge in [0.1, 0.15) is 0 Å². The van der Waals surface area contributed by atoms with Crippen LogP contribution in [0.4, 0.5) is 0 Å². The lowest BCUT2D eigenvalue weighted by Crippen LogP contribution is -2.39. The van der Waals surface area contributed by atoms with Crippen molar-refractivity contribution in [1.29, 1.82) is 0 Å². The fourth-order valence-electron chi connectivity index (χ4n) is 7.94. The SMILES string of the molecule is C=C(N1CCOCC1)C12CC1c1cc(CC)ccc1-c1c(C3CCCCC3)c3ccc(C(=O)OC)cc3n1C2. The fourth-order valence-corrected chi connectivity index (χ4v) is 7.94. The monoisotopic (exact) mass is 524 g/mol. The molecule has 2 aliphatic carbocycles. The van der Waals surface area contributed by atoms with Gasteiger partial charge < -0.3 is 18.9 Å².